The molecule has 2 aliphatic rings. The van der Waals surface area contributed by atoms with Crippen LogP contribution in [0, 0.1) is 5.41 Å². The highest BCUT2D eigenvalue weighted by Crippen LogP contribution is 2.43. The fraction of sp³-hybridized carbons (Fsp3) is 0.733. The van der Waals surface area contributed by atoms with E-state index in [1.165, 1.54) is 17.2 Å². The zero-order valence-electron chi connectivity index (χ0n) is 12.4. The van der Waals surface area contributed by atoms with E-state index in [4.69, 9.17) is 10.7 Å². The van der Waals surface area contributed by atoms with Crippen LogP contribution in [0.4, 0.5) is 0 Å². The van der Waals surface area contributed by atoms with Gasteiger partial charge in [0.1, 0.15) is 5.82 Å². The van der Waals surface area contributed by atoms with E-state index >= 15 is 0 Å². The molecule has 1 saturated heterocycles. The van der Waals surface area contributed by atoms with Gasteiger partial charge in [-0.15, -0.1) is 11.8 Å². The molecule has 0 radical (unpaired) electrons. The van der Waals surface area contributed by atoms with E-state index in [9.17, 15) is 0 Å². The van der Waals surface area contributed by atoms with Crippen molar-refractivity contribution in [1.82, 2.24) is 9.97 Å². The molecular formula is C15H23N3S2. The average molecular weight is 310 g/mol. The fourth-order valence-corrected chi connectivity index (χ4v) is 5.87. The quantitative estimate of drug-likeness (QED) is 0.862. The van der Waals surface area contributed by atoms with E-state index in [0.717, 1.165) is 24.2 Å². The molecule has 2 N–H and O–H groups in total. The minimum absolute atomic E-state index is 0.0913. The summed E-state index contributed by atoms with van der Waals surface area (Å²) in [4.78, 5) is 9.55. The van der Waals surface area contributed by atoms with Crippen LogP contribution in [0.15, 0.2) is 6.20 Å². The smallest absolute Gasteiger partial charge is 0.142 e. The fourth-order valence-electron chi connectivity index (χ4n) is 3.18. The van der Waals surface area contributed by atoms with Crippen LogP contribution in [-0.4, -0.2) is 26.7 Å². The van der Waals surface area contributed by atoms with E-state index in [2.05, 4.69) is 25.8 Å². The molecule has 1 aromatic heterocycles. The van der Waals surface area contributed by atoms with Crippen molar-refractivity contribution in [2.45, 2.75) is 50.2 Å². The molecule has 3 atom stereocenters. The zero-order chi connectivity index (χ0) is 14.3. The van der Waals surface area contributed by atoms with Crippen molar-refractivity contribution in [3.8, 4) is 0 Å². The molecule has 1 aromatic rings. The predicted molar refractivity (Wildman–Crippen MR) is 88.2 cm³/mol. The van der Waals surface area contributed by atoms with E-state index in [1.807, 2.05) is 29.7 Å². The summed E-state index contributed by atoms with van der Waals surface area (Å²) < 4.78 is 0. The molecule has 0 bridgehead atoms. The molecule has 2 heterocycles. The molecule has 0 spiro atoms. The van der Waals surface area contributed by atoms with Gasteiger partial charge in [0.2, 0.25) is 0 Å². The Morgan fingerprint density at radius 3 is 2.80 bits per heavy atom. The highest BCUT2D eigenvalue weighted by molar-refractivity contribution is 8.06. The lowest BCUT2D eigenvalue weighted by molar-refractivity contribution is 0.277. The Morgan fingerprint density at radius 2 is 2.05 bits per heavy atom. The Kier molecular flexibility index (Phi) is 4.04. The summed E-state index contributed by atoms with van der Waals surface area (Å²) >= 11 is 4.03. The van der Waals surface area contributed by atoms with Crippen molar-refractivity contribution in [1.29, 1.82) is 0 Å². The largest absolute Gasteiger partial charge is 0.324 e. The molecule has 3 rings (SSSR count). The van der Waals surface area contributed by atoms with Crippen LogP contribution < -0.4 is 5.73 Å². The van der Waals surface area contributed by atoms with Gasteiger partial charge in [0.05, 0.1) is 5.25 Å². The van der Waals surface area contributed by atoms with Gasteiger partial charge < -0.3 is 5.73 Å². The molecule has 3 unspecified atom stereocenters. The summed E-state index contributed by atoms with van der Waals surface area (Å²) in [7, 11) is 0. The Hall–Kier alpha value is -0.260. The van der Waals surface area contributed by atoms with Gasteiger partial charge in [0, 0.05) is 40.3 Å². The van der Waals surface area contributed by atoms with E-state index in [1.54, 1.807) is 0 Å². The molecule has 0 aromatic carbocycles. The lowest BCUT2D eigenvalue weighted by Crippen LogP contribution is -2.31. The third-order valence-corrected chi connectivity index (χ3v) is 7.27. The second kappa shape index (κ2) is 5.50. The van der Waals surface area contributed by atoms with Crippen LogP contribution in [-0.2, 0) is 6.42 Å². The van der Waals surface area contributed by atoms with Crippen LogP contribution in [0.5, 0.6) is 0 Å². The molecule has 0 amide bonds. The molecule has 110 valence electrons. The molecule has 1 aliphatic carbocycles. The third kappa shape index (κ3) is 2.85. The summed E-state index contributed by atoms with van der Waals surface area (Å²) in [5.74, 6) is 3.45. The average Bonchev–Trinajstić information content (AvgIpc) is 2.37. The Morgan fingerprint density at radius 1 is 1.30 bits per heavy atom. The summed E-state index contributed by atoms with van der Waals surface area (Å²) in [5.41, 5.74) is 8.88. The van der Waals surface area contributed by atoms with Crippen molar-refractivity contribution in [2.75, 3.05) is 11.5 Å². The maximum Gasteiger partial charge on any atom is 0.142 e. The van der Waals surface area contributed by atoms with Crippen LogP contribution in [0.2, 0.25) is 0 Å². The highest BCUT2D eigenvalue weighted by Gasteiger charge is 2.33. The van der Waals surface area contributed by atoms with Gasteiger partial charge in [-0.2, -0.15) is 11.8 Å². The lowest BCUT2D eigenvalue weighted by atomic mass is 9.74. The number of aromatic nitrogens is 2. The number of nitrogens with zero attached hydrogens (tertiary/aromatic N) is 2. The molecule has 0 saturated carbocycles. The molecule has 1 aliphatic heterocycles. The van der Waals surface area contributed by atoms with Gasteiger partial charge in [-0.1, -0.05) is 20.8 Å². The molecule has 3 nitrogen and oxygen atoms in total. The van der Waals surface area contributed by atoms with Crippen LogP contribution in [0.1, 0.15) is 55.6 Å². The number of fused-ring (bicyclic) bond motifs is 1. The minimum atomic E-state index is 0.0913. The number of rotatable bonds is 1. The van der Waals surface area contributed by atoms with Crippen LogP contribution in [0.25, 0.3) is 0 Å². The third-order valence-electron chi connectivity index (χ3n) is 4.18. The Labute approximate surface area is 129 Å². The van der Waals surface area contributed by atoms with Crippen molar-refractivity contribution in [2.24, 2.45) is 11.1 Å². The number of thioether (sulfide) groups is 2. The van der Waals surface area contributed by atoms with E-state index in [0.29, 0.717) is 10.5 Å². The monoisotopic (exact) mass is 309 g/mol. The lowest BCUT2D eigenvalue weighted by Gasteiger charge is -2.35. The van der Waals surface area contributed by atoms with Crippen LogP contribution in [0.3, 0.4) is 0 Å². The van der Waals surface area contributed by atoms with E-state index < -0.39 is 0 Å². The molecule has 20 heavy (non-hydrogen) atoms. The van der Waals surface area contributed by atoms with Gasteiger partial charge in [0.25, 0.3) is 0 Å². The number of hydrogen-bond donors (Lipinski definition) is 1. The molecule has 1 fully saturated rings. The number of hydrogen-bond acceptors (Lipinski definition) is 5. The first-order valence-electron chi connectivity index (χ1n) is 7.31. The highest BCUT2D eigenvalue weighted by atomic mass is 32.2. The normalized spacial score (nSPS) is 32.7. The van der Waals surface area contributed by atoms with Crippen molar-refractivity contribution in [3.63, 3.8) is 0 Å². The maximum atomic E-state index is 6.29. The maximum absolute atomic E-state index is 6.29. The summed E-state index contributed by atoms with van der Waals surface area (Å²) in [6, 6.07) is 0.0913. The topological polar surface area (TPSA) is 51.8 Å². The summed E-state index contributed by atoms with van der Waals surface area (Å²) in [6.07, 6.45) is 4.03. The first-order valence-corrected chi connectivity index (χ1v) is 9.40. The predicted octanol–water partition coefficient (Wildman–Crippen LogP) is 3.36. The van der Waals surface area contributed by atoms with Crippen molar-refractivity contribution in [3.05, 3.63) is 23.3 Å². The SMILES string of the molecule is CC1SCCSC1c1ncc2c(n1)CC(C)(C)CC2N. The zero-order valence-corrected chi connectivity index (χ0v) is 14.1. The standard InChI is InChI=1S/C15H23N3S2/c1-9-13(20-5-4-19-9)14-17-8-10-11(16)6-15(2,3)7-12(10)18-14/h8-9,11,13H,4-7,16H2,1-3H3. The van der Waals surface area contributed by atoms with Gasteiger partial charge in [-0.05, 0) is 18.3 Å². The van der Waals surface area contributed by atoms with Crippen molar-refractivity contribution < 1.29 is 0 Å². The summed E-state index contributed by atoms with van der Waals surface area (Å²) in [6.45, 7) is 6.86. The van der Waals surface area contributed by atoms with E-state index in [-0.39, 0.29) is 11.5 Å². The molecular weight excluding hydrogens is 286 g/mol. The van der Waals surface area contributed by atoms with Gasteiger partial charge in [0.15, 0.2) is 0 Å². The van der Waals surface area contributed by atoms with Gasteiger partial charge in [-0.3, -0.25) is 0 Å². The van der Waals surface area contributed by atoms with Gasteiger partial charge >= 0.3 is 0 Å². The summed E-state index contributed by atoms with van der Waals surface area (Å²) in [5, 5.41) is 1.03. The molecule has 5 heteroatoms. The van der Waals surface area contributed by atoms with Crippen LogP contribution >= 0.6 is 23.5 Å². The first kappa shape index (κ1) is 14.7. The second-order valence-electron chi connectivity index (χ2n) is 6.65. The Balaban J connectivity index is 1.92. The Bertz CT molecular complexity index is 504. The first-order chi connectivity index (χ1) is 9.46. The van der Waals surface area contributed by atoms with Crippen molar-refractivity contribution >= 4 is 23.5 Å². The van der Waals surface area contributed by atoms with Gasteiger partial charge in [-0.25, -0.2) is 9.97 Å². The number of nitrogens with two attached hydrogens (primary N) is 1. The second-order valence-corrected chi connectivity index (χ2v) is 9.38. The minimum Gasteiger partial charge on any atom is -0.324 e.